The molecule has 148 valence electrons. The summed E-state index contributed by atoms with van der Waals surface area (Å²) in [5.74, 6) is -1.01. The number of ether oxygens (including phenoxy) is 2. The molecule has 0 saturated carbocycles. The lowest BCUT2D eigenvalue weighted by Gasteiger charge is -2.17. The summed E-state index contributed by atoms with van der Waals surface area (Å²) < 4.78 is 11.3. The first-order valence-corrected chi connectivity index (χ1v) is 9.14. The summed E-state index contributed by atoms with van der Waals surface area (Å²) in [5, 5.41) is 12.2. The van der Waals surface area contributed by atoms with Crippen molar-refractivity contribution < 1.29 is 24.2 Å². The average Bonchev–Trinajstić information content (AvgIpc) is 2.64. The van der Waals surface area contributed by atoms with E-state index in [1.54, 1.807) is 42.5 Å². The van der Waals surface area contributed by atoms with Crippen molar-refractivity contribution >= 4 is 29.6 Å². The molecule has 0 aliphatic rings. The summed E-state index contributed by atoms with van der Waals surface area (Å²) in [5.41, 5.74) is 0.517. The fraction of sp³-hybridized carbons (Fsp3) is 0.238. The zero-order valence-electron chi connectivity index (χ0n) is 15.9. The molecule has 2 aromatic rings. The van der Waals surface area contributed by atoms with E-state index >= 15 is 0 Å². The molecule has 6 nitrogen and oxygen atoms in total. The van der Waals surface area contributed by atoms with Gasteiger partial charge < -0.3 is 19.9 Å². The number of hydrogen-bond acceptors (Lipinski definition) is 4. The van der Waals surface area contributed by atoms with E-state index in [1.165, 1.54) is 6.08 Å². The fourth-order valence-corrected chi connectivity index (χ4v) is 2.65. The largest absolute Gasteiger partial charge is 0.490 e. The molecular formula is C21H22ClNO5. The van der Waals surface area contributed by atoms with Crippen molar-refractivity contribution in [1.82, 2.24) is 5.32 Å². The Morgan fingerprint density at radius 3 is 2.46 bits per heavy atom. The van der Waals surface area contributed by atoms with Crippen LogP contribution in [0, 0.1) is 0 Å². The second-order valence-corrected chi connectivity index (χ2v) is 6.52. The molecule has 2 rings (SSSR count). The minimum Gasteiger partial charge on any atom is -0.490 e. The third kappa shape index (κ3) is 5.76. The lowest BCUT2D eigenvalue weighted by Crippen LogP contribution is -2.27. The van der Waals surface area contributed by atoms with Crippen molar-refractivity contribution in [1.29, 1.82) is 0 Å². The van der Waals surface area contributed by atoms with Crippen molar-refractivity contribution in [2.24, 2.45) is 0 Å². The van der Waals surface area contributed by atoms with Gasteiger partial charge in [-0.3, -0.25) is 4.79 Å². The van der Waals surface area contributed by atoms with Gasteiger partial charge in [0.2, 0.25) is 0 Å². The number of carbonyl (C=O) groups is 2. The van der Waals surface area contributed by atoms with Crippen LogP contribution in [0.15, 0.2) is 48.2 Å². The smallest absolute Gasteiger partial charge is 0.352 e. The molecule has 0 saturated heterocycles. The summed E-state index contributed by atoms with van der Waals surface area (Å²) in [6.45, 7) is 5.93. The molecule has 0 fully saturated rings. The van der Waals surface area contributed by atoms with Gasteiger partial charge in [-0.25, -0.2) is 4.79 Å². The van der Waals surface area contributed by atoms with Gasteiger partial charge in [-0.05, 0) is 56.7 Å². The van der Waals surface area contributed by atoms with Crippen molar-refractivity contribution in [3.63, 3.8) is 0 Å². The Morgan fingerprint density at radius 1 is 1.21 bits per heavy atom. The average molecular weight is 404 g/mol. The van der Waals surface area contributed by atoms with E-state index < -0.39 is 11.9 Å². The maximum Gasteiger partial charge on any atom is 0.352 e. The Morgan fingerprint density at radius 2 is 1.89 bits per heavy atom. The van der Waals surface area contributed by atoms with Crippen LogP contribution in [0.5, 0.6) is 11.5 Å². The summed E-state index contributed by atoms with van der Waals surface area (Å²) in [6.07, 6.45) is 1.20. The van der Waals surface area contributed by atoms with Crippen LogP contribution in [-0.2, 0) is 4.79 Å². The highest BCUT2D eigenvalue weighted by Gasteiger charge is 2.17. The zero-order valence-corrected chi connectivity index (χ0v) is 16.6. The highest BCUT2D eigenvalue weighted by atomic mass is 35.5. The van der Waals surface area contributed by atoms with Crippen LogP contribution in [0.25, 0.3) is 6.08 Å². The number of hydrogen-bond donors (Lipinski definition) is 2. The number of amides is 1. The number of carboxylic acid groups (broad SMARTS) is 1. The van der Waals surface area contributed by atoms with Crippen LogP contribution in [0.2, 0.25) is 5.02 Å². The van der Waals surface area contributed by atoms with Crippen molar-refractivity contribution in [2.45, 2.75) is 26.9 Å². The molecule has 2 N–H and O–H groups in total. The molecule has 7 heteroatoms. The van der Waals surface area contributed by atoms with Crippen LogP contribution in [0.1, 0.15) is 36.7 Å². The number of benzene rings is 2. The van der Waals surface area contributed by atoms with Crippen LogP contribution >= 0.6 is 11.6 Å². The summed E-state index contributed by atoms with van der Waals surface area (Å²) >= 11 is 6.31. The van der Waals surface area contributed by atoms with Crippen molar-refractivity contribution in [3.8, 4) is 11.5 Å². The molecule has 0 bridgehead atoms. The first-order valence-electron chi connectivity index (χ1n) is 8.76. The standard InChI is InChI=1S/C21H22ClNO5/c1-4-27-18-12-14(10-16(22)19(18)28-13(2)3)11-17(21(25)26)23-20(24)15-8-6-5-7-9-15/h5-13H,4H2,1-3H3,(H,23,24)(H,25,26)/b17-11+. The van der Waals surface area contributed by atoms with E-state index in [4.69, 9.17) is 21.1 Å². The second kappa shape index (κ2) is 9.80. The molecule has 0 aliphatic carbocycles. The quantitative estimate of drug-likeness (QED) is 0.639. The SMILES string of the molecule is CCOc1cc(/C=C(/NC(=O)c2ccccc2)C(=O)O)cc(Cl)c1OC(C)C. The lowest BCUT2D eigenvalue weighted by atomic mass is 10.1. The van der Waals surface area contributed by atoms with E-state index in [-0.39, 0.29) is 16.8 Å². The minimum absolute atomic E-state index is 0.113. The van der Waals surface area contributed by atoms with E-state index in [0.29, 0.717) is 29.2 Å². The van der Waals surface area contributed by atoms with E-state index in [1.807, 2.05) is 20.8 Å². The zero-order chi connectivity index (χ0) is 20.7. The fourth-order valence-electron chi connectivity index (χ4n) is 2.39. The number of halogens is 1. The number of aliphatic carboxylic acids is 1. The Bertz CT molecular complexity index is 878. The molecule has 0 aromatic heterocycles. The maximum absolute atomic E-state index is 12.3. The topological polar surface area (TPSA) is 84.9 Å². The molecule has 28 heavy (non-hydrogen) atoms. The van der Waals surface area contributed by atoms with Gasteiger partial charge in [0.15, 0.2) is 11.5 Å². The van der Waals surface area contributed by atoms with E-state index in [2.05, 4.69) is 5.32 Å². The van der Waals surface area contributed by atoms with Gasteiger partial charge in [0.1, 0.15) is 5.70 Å². The molecular weight excluding hydrogens is 382 g/mol. The molecule has 2 aromatic carbocycles. The normalized spacial score (nSPS) is 11.2. The molecule has 0 heterocycles. The van der Waals surface area contributed by atoms with Gasteiger partial charge in [-0.15, -0.1) is 0 Å². The molecule has 1 amide bonds. The van der Waals surface area contributed by atoms with Gasteiger partial charge >= 0.3 is 5.97 Å². The third-order valence-electron chi connectivity index (χ3n) is 3.51. The molecule has 0 atom stereocenters. The highest BCUT2D eigenvalue weighted by Crippen LogP contribution is 2.38. The van der Waals surface area contributed by atoms with Gasteiger partial charge in [-0.2, -0.15) is 0 Å². The van der Waals surface area contributed by atoms with Gasteiger partial charge in [-0.1, -0.05) is 29.8 Å². The highest BCUT2D eigenvalue weighted by molar-refractivity contribution is 6.32. The Kier molecular flexibility index (Phi) is 7.46. The molecule has 0 aliphatic heterocycles. The third-order valence-corrected chi connectivity index (χ3v) is 3.79. The van der Waals surface area contributed by atoms with E-state index in [0.717, 1.165) is 0 Å². The van der Waals surface area contributed by atoms with Gasteiger partial charge in [0.05, 0.1) is 17.7 Å². The predicted octanol–water partition coefficient (Wildman–Crippen LogP) is 4.38. The van der Waals surface area contributed by atoms with E-state index in [9.17, 15) is 14.7 Å². The number of nitrogens with one attached hydrogen (secondary N) is 1. The molecule has 0 spiro atoms. The Balaban J connectivity index is 2.38. The summed E-state index contributed by atoms with van der Waals surface area (Å²) in [7, 11) is 0. The van der Waals surface area contributed by atoms with Crippen LogP contribution in [0.4, 0.5) is 0 Å². The minimum atomic E-state index is -1.28. The first kappa shape index (κ1) is 21.3. The monoisotopic (exact) mass is 403 g/mol. The van der Waals surface area contributed by atoms with Gasteiger partial charge in [0, 0.05) is 5.56 Å². The van der Waals surface area contributed by atoms with Crippen LogP contribution in [0.3, 0.4) is 0 Å². The lowest BCUT2D eigenvalue weighted by molar-refractivity contribution is -0.132. The van der Waals surface area contributed by atoms with Gasteiger partial charge in [0.25, 0.3) is 5.91 Å². The molecule has 0 unspecified atom stereocenters. The van der Waals surface area contributed by atoms with Crippen LogP contribution < -0.4 is 14.8 Å². The number of rotatable bonds is 8. The maximum atomic E-state index is 12.3. The number of carbonyl (C=O) groups excluding carboxylic acids is 1. The van der Waals surface area contributed by atoms with Crippen molar-refractivity contribution in [2.75, 3.05) is 6.61 Å². The van der Waals surface area contributed by atoms with Crippen LogP contribution in [-0.4, -0.2) is 29.7 Å². The Labute approximate surface area is 168 Å². The Hall–Kier alpha value is -2.99. The summed E-state index contributed by atoms with van der Waals surface area (Å²) in [4.78, 5) is 23.9. The number of carboxylic acids is 1. The molecule has 0 radical (unpaired) electrons. The van der Waals surface area contributed by atoms with Crippen molar-refractivity contribution in [3.05, 3.63) is 64.3 Å². The summed E-state index contributed by atoms with van der Waals surface area (Å²) in [6, 6.07) is 11.5. The first-order chi connectivity index (χ1) is 13.3. The predicted molar refractivity (Wildman–Crippen MR) is 108 cm³/mol. The second-order valence-electron chi connectivity index (χ2n) is 6.11.